The monoisotopic (exact) mass is 347 g/mol. The predicted molar refractivity (Wildman–Crippen MR) is 88.6 cm³/mol. The van der Waals surface area contributed by atoms with Gasteiger partial charge in [-0.25, -0.2) is 18.2 Å². The molecule has 111 valence electrons. The van der Waals surface area contributed by atoms with E-state index in [1.165, 1.54) is 5.56 Å². The molecule has 0 aliphatic heterocycles. The maximum Gasteiger partial charge on any atom is 2.00 e. The Kier molecular flexibility index (Phi) is 9.49. The topological polar surface area (TPSA) is 0 Å². The quantitative estimate of drug-likeness (QED) is 0.366. The fraction of sp³-hybridized carbons (Fsp3) is 0.412. The summed E-state index contributed by atoms with van der Waals surface area (Å²) in [6, 6.07) is 19.7. The summed E-state index contributed by atoms with van der Waals surface area (Å²) < 4.78 is 0. The van der Waals surface area contributed by atoms with Crippen LogP contribution in [0.3, 0.4) is 0 Å². The van der Waals surface area contributed by atoms with Gasteiger partial charge in [0.2, 0.25) is 0 Å². The van der Waals surface area contributed by atoms with Gasteiger partial charge < -0.3 is 0 Å². The standard InChI is InChI=1S/C12H19ClSi.C5H5.Fe/c1-10(11-7-5-6-8-11)9-14(13)12(2,3)4;1-2-4-5-3-1;/h5-8,10H,9H2,1-4H3;1-5H;/q2*-1;+2. The second-order valence-corrected chi connectivity index (χ2v) is 10.0. The molecule has 0 amide bonds. The van der Waals surface area contributed by atoms with E-state index in [0.717, 1.165) is 6.04 Å². The van der Waals surface area contributed by atoms with Crippen molar-refractivity contribution in [1.82, 2.24) is 0 Å². The Hall–Kier alpha value is -0.274. The second kappa shape index (κ2) is 9.62. The Labute approximate surface area is 141 Å². The third-order valence-electron chi connectivity index (χ3n) is 3.11. The van der Waals surface area contributed by atoms with Gasteiger partial charge in [0.1, 0.15) is 0 Å². The van der Waals surface area contributed by atoms with Gasteiger partial charge in [0.15, 0.2) is 8.11 Å². The maximum absolute atomic E-state index is 6.47. The Morgan fingerprint density at radius 1 is 1.15 bits per heavy atom. The molecule has 2 aromatic rings. The van der Waals surface area contributed by atoms with Crippen LogP contribution in [0.15, 0.2) is 54.6 Å². The van der Waals surface area contributed by atoms with Gasteiger partial charge in [-0.15, -0.1) is 0 Å². The van der Waals surface area contributed by atoms with Crippen LogP contribution in [-0.2, 0) is 17.1 Å². The van der Waals surface area contributed by atoms with E-state index in [-0.39, 0.29) is 17.1 Å². The number of rotatable bonds is 3. The number of hydrogen-bond acceptors (Lipinski definition) is 0. The molecule has 0 heterocycles. The Bertz CT molecular complexity index is 397. The van der Waals surface area contributed by atoms with Crippen molar-refractivity contribution in [3.05, 3.63) is 60.2 Å². The Balaban J connectivity index is 0.000000507. The van der Waals surface area contributed by atoms with Crippen molar-refractivity contribution < 1.29 is 17.1 Å². The molecule has 0 fully saturated rings. The predicted octanol–water partition coefficient (Wildman–Crippen LogP) is 5.94. The maximum atomic E-state index is 6.47. The summed E-state index contributed by atoms with van der Waals surface area (Å²) in [5.41, 5.74) is 1.43. The van der Waals surface area contributed by atoms with Crippen molar-refractivity contribution in [2.45, 2.75) is 44.7 Å². The van der Waals surface area contributed by atoms with Crippen LogP contribution in [0.1, 0.15) is 39.2 Å². The van der Waals surface area contributed by atoms with Gasteiger partial charge in [-0.1, -0.05) is 33.6 Å². The third kappa shape index (κ3) is 7.49. The van der Waals surface area contributed by atoms with E-state index in [2.05, 4.69) is 52.0 Å². The summed E-state index contributed by atoms with van der Waals surface area (Å²) in [6.45, 7) is 9.00. The first-order valence-electron chi connectivity index (χ1n) is 6.81. The van der Waals surface area contributed by atoms with Gasteiger partial charge in [-0.05, 0) is 11.1 Å². The summed E-state index contributed by atoms with van der Waals surface area (Å²) in [5.74, 6) is 0.607. The van der Waals surface area contributed by atoms with E-state index in [0.29, 0.717) is 11.0 Å². The minimum Gasteiger partial charge on any atom is -0.214 e. The van der Waals surface area contributed by atoms with Gasteiger partial charge >= 0.3 is 17.1 Å². The number of hydrogen-bond donors (Lipinski definition) is 0. The molecule has 20 heavy (non-hydrogen) atoms. The van der Waals surface area contributed by atoms with Crippen LogP contribution in [0.25, 0.3) is 0 Å². The van der Waals surface area contributed by atoms with Crippen LogP contribution in [-0.4, -0.2) is 8.11 Å². The Morgan fingerprint density at radius 3 is 2.10 bits per heavy atom. The molecule has 0 bridgehead atoms. The average Bonchev–Trinajstić information content (AvgIpc) is 3.04. The van der Waals surface area contributed by atoms with E-state index in [4.69, 9.17) is 11.1 Å². The van der Waals surface area contributed by atoms with E-state index in [1.807, 2.05) is 30.3 Å². The molecule has 1 atom stereocenters. The van der Waals surface area contributed by atoms with E-state index < -0.39 is 8.11 Å². The van der Waals surface area contributed by atoms with Crippen molar-refractivity contribution in [2.75, 3.05) is 0 Å². The molecular formula is C17H24ClFeSi. The van der Waals surface area contributed by atoms with E-state index in [9.17, 15) is 0 Å². The van der Waals surface area contributed by atoms with E-state index in [1.54, 1.807) is 0 Å². The summed E-state index contributed by atoms with van der Waals surface area (Å²) in [5, 5.41) is 0.299. The Morgan fingerprint density at radius 2 is 1.75 bits per heavy atom. The zero-order chi connectivity index (χ0) is 14.3. The smallest absolute Gasteiger partial charge is 0.214 e. The molecule has 3 heteroatoms. The molecule has 0 saturated carbocycles. The van der Waals surface area contributed by atoms with Crippen LogP contribution in [0.2, 0.25) is 11.1 Å². The first kappa shape index (κ1) is 19.7. The van der Waals surface area contributed by atoms with Gasteiger partial charge in [-0.3, -0.25) is 0 Å². The summed E-state index contributed by atoms with van der Waals surface area (Å²) >= 11 is 6.47. The molecule has 0 spiro atoms. The molecule has 0 aliphatic carbocycles. The van der Waals surface area contributed by atoms with Gasteiger partial charge in [0.25, 0.3) is 0 Å². The first-order valence-corrected chi connectivity index (χ1v) is 9.53. The minimum atomic E-state index is -0.757. The van der Waals surface area contributed by atoms with Crippen LogP contribution >= 0.6 is 11.1 Å². The zero-order valence-corrected chi connectivity index (χ0v) is 15.6. The van der Waals surface area contributed by atoms with Gasteiger partial charge in [0, 0.05) is 0 Å². The minimum absolute atomic E-state index is 0. The molecule has 0 aromatic heterocycles. The first-order chi connectivity index (χ1) is 8.91. The molecule has 0 nitrogen and oxygen atoms in total. The van der Waals surface area contributed by atoms with Gasteiger partial charge in [-0.2, -0.15) is 53.0 Å². The van der Waals surface area contributed by atoms with Crippen molar-refractivity contribution in [3.63, 3.8) is 0 Å². The average molecular weight is 348 g/mol. The van der Waals surface area contributed by atoms with Crippen LogP contribution < -0.4 is 0 Å². The van der Waals surface area contributed by atoms with Crippen molar-refractivity contribution in [3.8, 4) is 0 Å². The molecule has 2 rings (SSSR count). The second-order valence-electron chi connectivity index (χ2n) is 5.94. The molecular weight excluding hydrogens is 324 g/mol. The number of halogens is 1. The SMILES string of the molecule is CC(C[Si](Cl)C(C)(C)C)c1cc[cH-]c1.[Fe+2].c1cc[cH-]c1. The molecule has 0 saturated heterocycles. The van der Waals surface area contributed by atoms with Crippen molar-refractivity contribution in [1.29, 1.82) is 0 Å². The molecule has 0 N–H and O–H groups in total. The summed E-state index contributed by atoms with van der Waals surface area (Å²) in [7, 11) is -0.757. The molecule has 1 radical (unpaired) electrons. The summed E-state index contributed by atoms with van der Waals surface area (Å²) in [6.07, 6.45) is 0. The summed E-state index contributed by atoms with van der Waals surface area (Å²) in [4.78, 5) is 0. The van der Waals surface area contributed by atoms with Crippen molar-refractivity contribution >= 4 is 19.2 Å². The molecule has 1 unspecified atom stereocenters. The normalized spacial score (nSPS) is 12.3. The van der Waals surface area contributed by atoms with Crippen LogP contribution in [0, 0.1) is 0 Å². The largest absolute Gasteiger partial charge is 2.00 e. The van der Waals surface area contributed by atoms with Crippen LogP contribution in [0.4, 0.5) is 0 Å². The molecule has 0 aliphatic rings. The fourth-order valence-corrected chi connectivity index (χ4v) is 3.81. The van der Waals surface area contributed by atoms with Crippen molar-refractivity contribution in [2.24, 2.45) is 0 Å². The van der Waals surface area contributed by atoms with E-state index >= 15 is 0 Å². The van der Waals surface area contributed by atoms with Gasteiger partial charge in [0.05, 0.1) is 0 Å². The third-order valence-corrected chi connectivity index (χ3v) is 7.87. The fourth-order valence-electron chi connectivity index (χ4n) is 1.73. The zero-order valence-electron chi connectivity index (χ0n) is 12.7. The van der Waals surface area contributed by atoms with Crippen LogP contribution in [0.5, 0.6) is 0 Å². The molecule has 2 aromatic carbocycles.